The molecule has 1 aromatic carbocycles. The zero-order valence-electron chi connectivity index (χ0n) is 12.8. The first kappa shape index (κ1) is 16.1. The molecule has 19 heavy (non-hydrogen) atoms. The second-order valence-corrected chi connectivity index (χ2v) is 9.53. The van der Waals surface area contributed by atoms with Gasteiger partial charge in [0.1, 0.15) is 11.5 Å². The molecule has 0 aliphatic heterocycles. The molecule has 0 aromatic heterocycles. The molecule has 0 aliphatic rings. The third-order valence-electron chi connectivity index (χ3n) is 3.89. The van der Waals surface area contributed by atoms with Crippen LogP contribution in [0.4, 0.5) is 0 Å². The minimum absolute atomic E-state index is 0.648. The summed E-state index contributed by atoms with van der Waals surface area (Å²) in [5.74, 6) is 1.63. The van der Waals surface area contributed by atoms with Gasteiger partial charge in [-0.05, 0) is 35.8 Å². The highest BCUT2D eigenvalue weighted by molar-refractivity contribution is 6.73. The quantitative estimate of drug-likeness (QED) is 0.668. The molecule has 0 saturated heterocycles. The Morgan fingerprint density at radius 1 is 0.842 bits per heavy atom. The standard InChI is InChI=1S/C15H26O3Si/c1-6-19(7-2,8-3)18-12-13-9-14(16-4)11-15(10-13)17-5/h9-11H,6-8,12H2,1-5H3. The van der Waals surface area contributed by atoms with Crippen molar-refractivity contribution in [3.63, 3.8) is 0 Å². The molecule has 0 aliphatic carbocycles. The van der Waals surface area contributed by atoms with Gasteiger partial charge in [0, 0.05) is 6.07 Å². The summed E-state index contributed by atoms with van der Waals surface area (Å²) in [7, 11) is 1.80. The Balaban J connectivity index is 2.81. The van der Waals surface area contributed by atoms with E-state index in [-0.39, 0.29) is 0 Å². The van der Waals surface area contributed by atoms with Gasteiger partial charge in [-0.15, -0.1) is 0 Å². The molecule has 0 heterocycles. The molecule has 0 bridgehead atoms. The number of methoxy groups -OCH3 is 2. The minimum Gasteiger partial charge on any atom is -0.497 e. The maximum atomic E-state index is 6.29. The molecule has 0 amide bonds. The van der Waals surface area contributed by atoms with Crippen LogP contribution in [-0.2, 0) is 11.0 Å². The first-order valence-corrected chi connectivity index (χ1v) is 9.51. The normalized spacial score (nSPS) is 11.4. The molecular weight excluding hydrogens is 256 g/mol. The van der Waals surface area contributed by atoms with E-state index in [2.05, 4.69) is 20.8 Å². The number of hydrogen-bond acceptors (Lipinski definition) is 3. The largest absolute Gasteiger partial charge is 0.497 e. The summed E-state index contributed by atoms with van der Waals surface area (Å²) < 4.78 is 16.9. The van der Waals surface area contributed by atoms with E-state index in [0.717, 1.165) is 17.1 Å². The summed E-state index contributed by atoms with van der Waals surface area (Å²) >= 11 is 0. The number of benzene rings is 1. The SMILES string of the molecule is CC[Si](CC)(CC)OCc1cc(OC)cc(OC)c1. The van der Waals surface area contributed by atoms with Gasteiger partial charge in [0.05, 0.1) is 20.8 Å². The van der Waals surface area contributed by atoms with Crippen molar-refractivity contribution in [1.82, 2.24) is 0 Å². The second-order valence-electron chi connectivity index (χ2n) is 4.75. The van der Waals surface area contributed by atoms with E-state index in [1.54, 1.807) is 14.2 Å². The van der Waals surface area contributed by atoms with Crippen molar-refractivity contribution in [2.45, 2.75) is 45.5 Å². The van der Waals surface area contributed by atoms with Crippen LogP contribution in [0.1, 0.15) is 26.3 Å². The maximum absolute atomic E-state index is 6.29. The van der Waals surface area contributed by atoms with Crippen LogP contribution in [0.3, 0.4) is 0 Å². The van der Waals surface area contributed by atoms with Crippen molar-refractivity contribution in [2.24, 2.45) is 0 Å². The maximum Gasteiger partial charge on any atom is 0.192 e. The Morgan fingerprint density at radius 3 is 1.68 bits per heavy atom. The molecule has 108 valence electrons. The minimum atomic E-state index is -1.54. The lowest BCUT2D eigenvalue weighted by Crippen LogP contribution is -2.35. The van der Waals surface area contributed by atoms with Gasteiger partial charge >= 0.3 is 0 Å². The van der Waals surface area contributed by atoms with Gasteiger partial charge in [-0.3, -0.25) is 0 Å². The zero-order chi connectivity index (χ0) is 14.3. The van der Waals surface area contributed by atoms with Crippen LogP contribution in [0, 0.1) is 0 Å². The summed E-state index contributed by atoms with van der Waals surface area (Å²) in [6, 6.07) is 9.42. The van der Waals surface area contributed by atoms with Crippen LogP contribution in [-0.4, -0.2) is 22.5 Å². The van der Waals surface area contributed by atoms with Gasteiger partial charge in [0.15, 0.2) is 8.32 Å². The van der Waals surface area contributed by atoms with Crippen molar-refractivity contribution in [3.05, 3.63) is 23.8 Å². The third kappa shape index (κ3) is 4.25. The number of rotatable bonds is 8. The second kappa shape index (κ2) is 7.55. The van der Waals surface area contributed by atoms with E-state index in [0.29, 0.717) is 6.61 Å². The molecular formula is C15H26O3Si. The molecule has 0 spiro atoms. The predicted molar refractivity (Wildman–Crippen MR) is 81.5 cm³/mol. The summed E-state index contributed by atoms with van der Waals surface area (Å²) in [4.78, 5) is 0. The van der Waals surface area contributed by atoms with Crippen molar-refractivity contribution in [3.8, 4) is 11.5 Å². The molecule has 0 atom stereocenters. The van der Waals surface area contributed by atoms with Gasteiger partial charge in [-0.25, -0.2) is 0 Å². The topological polar surface area (TPSA) is 27.7 Å². The lowest BCUT2D eigenvalue weighted by atomic mass is 10.2. The molecule has 4 heteroatoms. The van der Waals surface area contributed by atoms with E-state index in [4.69, 9.17) is 13.9 Å². The van der Waals surface area contributed by atoms with Gasteiger partial charge < -0.3 is 13.9 Å². The summed E-state index contributed by atoms with van der Waals surface area (Å²) in [5, 5.41) is 0. The molecule has 0 unspecified atom stereocenters. The van der Waals surface area contributed by atoms with Gasteiger partial charge in [0.25, 0.3) is 0 Å². The summed E-state index contributed by atoms with van der Waals surface area (Å²) in [6.45, 7) is 7.37. The van der Waals surface area contributed by atoms with Crippen LogP contribution in [0.2, 0.25) is 18.1 Å². The first-order valence-electron chi connectivity index (χ1n) is 6.99. The van der Waals surface area contributed by atoms with E-state index in [1.807, 2.05) is 18.2 Å². The van der Waals surface area contributed by atoms with Gasteiger partial charge in [0.2, 0.25) is 0 Å². The highest BCUT2D eigenvalue weighted by Gasteiger charge is 2.28. The van der Waals surface area contributed by atoms with E-state index in [9.17, 15) is 0 Å². The highest BCUT2D eigenvalue weighted by atomic mass is 28.4. The fourth-order valence-corrected chi connectivity index (χ4v) is 4.83. The van der Waals surface area contributed by atoms with E-state index < -0.39 is 8.32 Å². The zero-order valence-corrected chi connectivity index (χ0v) is 13.8. The van der Waals surface area contributed by atoms with Crippen molar-refractivity contribution in [2.75, 3.05) is 14.2 Å². The molecule has 0 fully saturated rings. The Morgan fingerprint density at radius 2 is 1.32 bits per heavy atom. The molecule has 1 rings (SSSR count). The van der Waals surface area contributed by atoms with Crippen molar-refractivity contribution in [1.29, 1.82) is 0 Å². The van der Waals surface area contributed by atoms with Gasteiger partial charge in [-0.1, -0.05) is 20.8 Å². The highest BCUT2D eigenvalue weighted by Crippen LogP contribution is 2.26. The Hall–Kier alpha value is -1.00. The lowest BCUT2D eigenvalue weighted by Gasteiger charge is -2.28. The Kier molecular flexibility index (Phi) is 6.38. The first-order chi connectivity index (χ1) is 9.12. The Bertz CT molecular complexity index is 358. The molecule has 3 nitrogen and oxygen atoms in total. The van der Waals surface area contributed by atoms with E-state index in [1.165, 1.54) is 18.1 Å². The van der Waals surface area contributed by atoms with Crippen molar-refractivity contribution < 1.29 is 13.9 Å². The predicted octanol–water partition coefficient (Wildman–Crippen LogP) is 4.23. The van der Waals surface area contributed by atoms with Crippen LogP contribution in [0.15, 0.2) is 18.2 Å². The molecule has 0 N–H and O–H groups in total. The van der Waals surface area contributed by atoms with Gasteiger partial charge in [-0.2, -0.15) is 0 Å². The fraction of sp³-hybridized carbons (Fsp3) is 0.600. The average molecular weight is 282 g/mol. The fourth-order valence-electron chi connectivity index (χ4n) is 2.24. The third-order valence-corrected chi connectivity index (χ3v) is 8.51. The summed E-state index contributed by atoms with van der Waals surface area (Å²) in [6.07, 6.45) is 0. The van der Waals surface area contributed by atoms with Crippen LogP contribution >= 0.6 is 0 Å². The van der Waals surface area contributed by atoms with E-state index >= 15 is 0 Å². The number of hydrogen-bond donors (Lipinski definition) is 0. The number of ether oxygens (including phenoxy) is 2. The average Bonchev–Trinajstić information content (AvgIpc) is 2.48. The lowest BCUT2D eigenvalue weighted by molar-refractivity contribution is 0.285. The van der Waals surface area contributed by atoms with Crippen LogP contribution < -0.4 is 9.47 Å². The monoisotopic (exact) mass is 282 g/mol. The molecule has 1 aromatic rings. The van der Waals surface area contributed by atoms with Crippen LogP contribution in [0.5, 0.6) is 11.5 Å². The summed E-state index contributed by atoms with van der Waals surface area (Å²) in [5.41, 5.74) is 1.11. The Labute approximate surface area is 118 Å². The molecule has 0 saturated carbocycles. The van der Waals surface area contributed by atoms with Crippen molar-refractivity contribution >= 4 is 8.32 Å². The smallest absolute Gasteiger partial charge is 0.192 e. The van der Waals surface area contributed by atoms with Crippen LogP contribution in [0.25, 0.3) is 0 Å². The molecule has 0 radical (unpaired) electrons.